The van der Waals surface area contributed by atoms with Crippen LogP contribution >= 0.6 is 0 Å². The Morgan fingerprint density at radius 3 is 2.75 bits per heavy atom. The van der Waals surface area contributed by atoms with E-state index in [1.807, 2.05) is 0 Å². The third kappa shape index (κ3) is 2.36. The number of aryl methyl sites for hydroxylation is 2. The van der Waals surface area contributed by atoms with Gasteiger partial charge in [-0.2, -0.15) is 0 Å². The maximum absolute atomic E-state index is 13.6. The first kappa shape index (κ1) is 14.0. The molecule has 0 saturated carbocycles. The molecule has 0 atom stereocenters. The van der Waals surface area contributed by atoms with Gasteiger partial charge in [-0.05, 0) is 38.5 Å². The van der Waals surface area contributed by atoms with Gasteiger partial charge in [-0.1, -0.05) is 6.07 Å². The summed E-state index contributed by atoms with van der Waals surface area (Å²) >= 11 is 0. The Morgan fingerprint density at radius 1 is 1.45 bits per heavy atom. The molecule has 5 nitrogen and oxygen atoms in total. The molecule has 0 unspecified atom stereocenters. The van der Waals surface area contributed by atoms with Crippen LogP contribution in [0.2, 0.25) is 0 Å². The van der Waals surface area contributed by atoms with Gasteiger partial charge in [0, 0.05) is 0 Å². The number of rotatable bonds is 3. The molecular formula is C14H16FN3O2. The smallest absolute Gasteiger partial charge is 0.360 e. The van der Waals surface area contributed by atoms with Gasteiger partial charge in [0.1, 0.15) is 17.5 Å². The molecule has 6 heteroatoms. The molecule has 1 aromatic carbocycles. The van der Waals surface area contributed by atoms with Crippen molar-refractivity contribution in [3.63, 3.8) is 0 Å². The molecule has 0 bridgehead atoms. The van der Waals surface area contributed by atoms with Gasteiger partial charge in [-0.3, -0.25) is 4.57 Å². The summed E-state index contributed by atoms with van der Waals surface area (Å²) in [4.78, 5) is 15.8. The number of anilines is 1. The predicted octanol–water partition coefficient (Wildman–Crippen LogP) is 2.39. The van der Waals surface area contributed by atoms with Crippen LogP contribution in [0.1, 0.15) is 28.8 Å². The number of carbonyl (C=O) groups is 1. The number of benzene rings is 1. The fourth-order valence-electron chi connectivity index (χ4n) is 1.95. The van der Waals surface area contributed by atoms with Crippen molar-refractivity contribution in [2.45, 2.75) is 20.8 Å². The quantitative estimate of drug-likeness (QED) is 0.874. The van der Waals surface area contributed by atoms with Crippen molar-refractivity contribution in [3.8, 4) is 5.69 Å². The highest BCUT2D eigenvalue weighted by Crippen LogP contribution is 2.22. The minimum atomic E-state index is -0.584. The van der Waals surface area contributed by atoms with Gasteiger partial charge >= 0.3 is 5.97 Å². The number of hydrogen-bond donors (Lipinski definition) is 1. The minimum Gasteiger partial charge on any atom is -0.461 e. The Morgan fingerprint density at radius 2 is 2.15 bits per heavy atom. The summed E-state index contributed by atoms with van der Waals surface area (Å²) in [6.45, 7) is 5.31. The molecule has 20 heavy (non-hydrogen) atoms. The molecule has 0 aliphatic carbocycles. The topological polar surface area (TPSA) is 70.1 Å². The zero-order chi connectivity index (χ0) is 14.9. The van der Waals surface area contributed by atoms with Gasteiger partial charge in [-0.15, -0.1) is 0 Å². The van der Waals surface area contributed by atoms with Gasteiger partial charge in [0.15, 0.2) is 5.69 Å². The molecule has 1 aromatic heterocycles. The van der Waals surface area contributed by atoms with E-state index < -0.39 is 5.97 Å². The number of esters is 1. The van der Waals surface area contributed by atoms with Crippen LogP contribution in [0.4, 0.5) is 10.2 Å². The van der Waals surface area contributed by atoms with E-state index in [0.29, 0.717) is 17.1 Å². The number of carbonyl (C=O) groups excluding carboxylic acids is 1. The second-order valence-corrected chi connectivity index (χ2v) is 4.38. The van der Waals surface area contributed by atoms with Crippen molar-refractivity contribution in [2.75, 3.05) is 12.3 Å². The Labute approximate surface area is 116 Å². The normalized spacial score (nSPS) is 10.6. The summed E-state index contributed by atoms with van der Waals surface area (Å²) in [6.07, 6.45) is 0. The van der Waals surface area contributed by atoms with E-state index >= 15 is 0 Å². The summed E-state index contributed by atoms with van der Waals surface area (Å²) in [5.41, 5.74) is 7.04. The molecule has 2 aromatic rings. The number of imidazole rings is 1. The molecule has 0 aliphatic rings. The van der Waals surface area contributed by atoms with Crippen molar-refractivity contribution in [3.05, 3.63) is 41.1 Å². The highest BCUT2D eigenvalue weighted by atomic mass is 19.1. The Balaban J connectivity index is 2.52. The lowest BCUT2D eigenvalue weighted by molar-refractivity contribution is 0.0521. The first-order chi connectivity index (χ1) is 9.45. The summed E-state index contributed by atoms with van der Waals surface area (Å²) in [7, 11) is 0. The molecule has 2 rings (SSSR count). The number of halogens is 1. The van der Waals surface area contributed by atoms with Crippen LogP contribution in [0.25, 0.3) is 5.69 Å². The molecule has 0 spiro atoms. The first-order valence-corrected chi connectivity index (χ1v) is 6.24. The zero-order valence-electron chi connectivity index (χ0n) is 11.6. The highest BCUT2D eigenvalue weighted by Gasteiger charge is 2.20. The molecule has 1 heterocycles. The lowest BCUT2D eigenvalue weighted by Gasteiger charge is -2.08. The second-order valence-electron chi connectivity index (χ2n) is 4.38. The number of nitrogens with two attached hydrogens (primary N) is 1. The zero-order valence-corrected chi connectivity index (χ0v) is 11.6. The summed E-state index contributed by atoms with van der Waals surface area (Å²) in [5, 5.41) is 0. The van der Waals surface area contributed by atoms with E-state index in [9.17, 15) is 9.18 Å². The number of nitrogens with zero attached hydrogens (tertiary/aromatic N) is 2. The average molecular weight is 277 g/mol. The Kier molecular flexibility index (Phi) is 3.74. The van der Waals surface area contributed by atoms with Crippen molar-refractivity contribution >= 4 is 11.8 Å². The number of hydrogen-bond acceptors (Lipinski definition) is 4. The van der Waals surface area contributed by atoms with E-state index in [-0.39, 0.29) is 23.9 Å². The molecule has 0 fully saturated rings. The molecule has 0 aliphatic heterocycles. The molecule has 2 N–H and O–H groups in total. The van der Waals surface area contributed by atoms with Gasteiger partial charge < -0.3 is 10.5 Å². The van der Waals surface area contributed by atoms with Crippen molar-refractivity contribution < 1.29 is 13.9 Å². The summed E-state index contributed by atoms with van der Waals surface area (Å²) < 4.78 is 20.1. The molecule has 106 valence electrons. The Hall–Kier alpha value is -2.37. The van der Waals surface area contributed by atoms with E-state index in [1.165, 1.54) is 10.6 Å². The van der Waals surface area contributed by atoms with Gasteiger partial charge in [0.2, 0.25) is 0 Å². The fraction of sp³-hybridized carbons (Fsp3) is 0.286. The van der Waals surface area contributed by atoms with Crippen LogP contribution in [0.15, 0.2) is 18.2 Å². The van der Waals surface area contributed by atoms with Gasteiger partial charge in [-0.25, -0.2) is 14.2 Å². The van der Waals surface area contributed by atoms with Gasteiger partial charge in [0.05, 0.1) is 12.3 Å². The SMILES string of the molecule is CCOC(=O)c1nc(C)n(-c2ccc(C)c(F)c2)c1N. The lowest BCUT2D eigenvalue weighted by atomic mass is 10.2. The standard InChI is InChI=1S/C14H16FN3O2/c1-4-20-14(19)12-13(16)18(9(3)17-12)10-6-5-8(2)11(15)7-10/h5-7H,4,16H2,1-3H3. The largest absolute Gasteiger partial charge is 0.461 e. The van der Waals surface area contributed by atoms with Crippen LogP contribution in [0.3, 0.4) is 0 Å². The molecule has 0 radical (unpaired) electrons. The van der Waals surface area contributed by atoms with Gasteiger partial charge in [0.25, 0.3) is 0 Å². The highest BCUT2D eigenvalue weighted by molar-refractivity contribution is 5.92. The van der Waals surface area contributed by atoms with E-state index in [0.717, 1.165) is 0 Å². The van der Waals surface area contributed by atoms with E-state index in [2.05, 4.69) is 4.98 Å². The fourth-order valence-corrected chi connectivity index (χ4v) is 1.95. The summed E-state index contributed by atoms with van der Waals surface area (Å²) in [5.74, 6) is -0.287. The maximum Gasteiger partial charge on any atom is 0.360 e. The number of ether oxygens (including phenoxy) is 1. The lowest BCUT2D eigenvalue weighted by Crippen LogP contribution is -2.09. The number of aromatic nitrogens is 2. The monoisotopic (exact) mass is 277 g/mol. The Bertz CT molecular complexity index is 665. The van der Waals surface area contributed by atoms with Crippen LogP contribution in [-0.2, 0) is 4.74 Å². The van der Waals surface area contributed by atoms with Crippen molar-refractivity contribution in [1.29, 1.82) is 0 Å². The van der Waals surface area contributed by atoms with Crippen molar-refractivity contribution in [2.24, 2.45) is 0 Å². The van der Waals surface area contributed by atoms with Crippen molar-refractivity contribution in [1.82, 2.24) is 9.55 Å². The van der Waals surface area contributed by atoms with E-state index in [1.54, 1.807) is 32.9 Å². The van der Waals surface area contributed by atoms with Crippen LogP contribution in [-0.4, -0.2) is 22.1 Å². The van der Waals surface area contributed by atoms with Crippen LogP contribution < -0.4 is 5.73 Å². The van der Waals surface area contributed by atoms with Crippen LogP contribution in [0, 0.1) is 19.7 Å². The maximum atomic E-state index is 13.6. The average Bonchev–Trinajstić information content (AvgIpc) is 2.69. The third-order valence-electron chi connectivity index (χ3n) is 2.96. The summed E-state index contributed by atoms with van der Waals surface area (Å²) in [6, 6.07) is 4.72. The first-order valence-electron chi connectivity index (χ1n) is 6.24. The molecule has 0 amide bonds. The minimum absolute atomic E-state index is 0.0466. The predicted molar refractivity (Wildman–Crippen MR) is 73.4 cm³/mol. The second kappa shape index (κ2) is 5.32. The van der Waals surface area contributed by atoms with E-state index in [4.69, 9.17) is 10.5 Å². The molecular weight excluding hydrogens is 261 g/mol. The number of nitrogen functional groups attached to an aromatic ring is 1. The molecule has 0 saturated heterocycles. The third-order valence-corrected chi connectivity index (χ3v) is 2.96. The van der Waals surface area contributed by atoms with Crippen LogP contribution in [0.5, 0.6) is 0 Å².